The first-order valence-electron chi connectivity index (χ1n) is 6.79. The molecule has 1 heterocycles. The van der Waals surface area contributed by atoms with E-state index in [0.717, 1.165) is 44.9 Å². The molecule has 3 nitrogen and oxygen atoms in total. The predicted octanol–water partition coefficient (Wildman–Crippen LogP) is 1.80. The van der Waals surface area contributed by atoms with Crippen molar-refractivity contribution in [3.8, 4) is 0 Å². The number of hydrogen-bond acceptors (Lipinski definition) is 2. The molecule has 0 aromatic carbocycles. The second-order valence-electron chi connectivity index (χ2n) is 5.72. The molecule has 0 aromatic heterocycles. The molecule has 1 saturated carbocycles. The van der Waals surface area contributed by atoms with Crippen LogP contribution in [0.5, 0.6) is 0 Å². The number of likely N-dealkylation sites (tertiary alicyclic amines) is 1. The molecule has 1 saturated heterocycles. The van der Waals surface area contributed by atoms with E-state index in [9.17, 15) is 4.79 Å². The van der Waals surface area contributed by atoms with Crippen molar-refractivity contribution in [1.29, 1.82) is 0 Å². The normalized spacial score (nSPS) is 25.6. The topological polar surface area (TPSA) is 32.3 Å². The Kier molecular flexibility index (Phi) is 4.21. The van der Waals surface area contributed by atoms with Gasteiger partial charge in [0.2, 0.25) is 5.91 Å². The molecule has 3 heteroatoms. The zero-order chi connectivity index (χ0) is 12.3. The van der Waals surface area contributed by atoms with E-state index in [2.05, 4.69) is 23.7 Å². The Labute approximate surface area is 104 Å². The van der Waals surface area contributed by atoms with E-state index in [4.69, 9.17) is 0 Å². The third-order valence-corrected chi connectivity index (χ3v) is 3.63. The molecule has 0 unspecified atom stereocenters. The van der Waals surface area contributed by atoms with Gasteiger partial charge in [-0.3, -0.25) is 9.69 Å². The molecular weight excluding hydrogens is 212 g/mol. The van der Waals surface area contributed by atoms with Crippen LogP contribution in [0.1, 0.15) is 32.6 Å². The fourth-order valence-electron chi connectivity index (χ4n) is 2.51. The fourth-order valence-corrected chi connectivity index (χ4v) is 2.51. The number of rotatable bonds is 5. The molecule has 1 aliphatic carbocycles. The summed E-state index contributed by atoms with van der Waals surface area (Å²) in [6, 6.07) is 0. The highest BCUT2D eigenvalue weighted by atomic mass is 16.1. The lowest BCUT2D eigenvalue weighted by Crippen LogP contribution is -2.43. The quantitative estimate of drug-likeness (QED) is 0.738. The summed E-state index contributed by atoms with van der Waals surface area (Å²) in [5, 5.41) is 3.10. The molecule has 1 atom stereocenters. The third-order valence-electron chi connectivity index (χ3n) is 3.63. The van der Waals surface area contributed by atoms with Crippen molar-refractivity contribution in [2.24, 2.45) is 11.8 Å². The monoisotopic (exact) mass is 236 g/mol. The zero-order valence-corrected chi connectivity index (χ0v) is 10.9. The first-order chi connectivity index (χ1) is 8.15. The predicted molar refractivity (Wildman–Crippen MR) is 69.7 cm³/mol. The Hall–Kier alpha value is -0.830. The van der Waals surface area contributed by atoms with Gasteiger partial charge < -0.3 is 5.32 Å². The molecule has 0 radical (unpaired) electrons. The first-order valence-corrected chi connectivity index (χ1v) is 6.79. The molecule has 0 aromatic rings. The molecular formula is C14H24N2O. The molecule has 1 N–H and O–H groups in total. The summed E-state index contributed by atoms with van der Waals surface area (Å²) >= 11 is 0. The number of carbonyl (C=O) groups is 1. The molecule has 0 bridgehead atoms. The summed E-state index contributed by atoms with van der Waals surface area (Å²) in [6.07, 6.45) is 4.78. The van der Waals surface area contributed by atoms with E-state index in [0.29, 0.717) is 0 Å². The van der Waals surface area contributed by atoms with E-state index < -0.39 is 0 Å². The summed E-state index contributed by atoms with van der Waals surface area (Å²) in [7, 11) is 0. The second kappa shape index (κ2) is 5.67. The van der Waals surface area contributed by atoms with Gasteiger partial charge in [0, 0.05) is 19.6 Å². The van der Waals surface area contributed by atoms with Crippen molar-refractivity contribution < 1.29 is 4.79 Å². The second-order valence-corrected chi connectivity index (χ2v) is 5.72. The average Bonchev–Trinajstić information content (AvgIpc) is 3.09. The van der Waals surface area contributed by atoms with Crippen molar-refractivity contribution >= 4 is 5.91 Å². The highest BCUT2D eigenvalue weighted by Gasteiger charge is 2.27. The van der Waals surface area contributed by atoms with Gasteiger partial charge in [-0.1, -0.05) is 12.2 Å². The van der Waals surface area contributed by atoms with Crippen LogP contribution in [-0.4, -0.2) is 37.0 Å². The minimum absolute atomic E-state index is 0.196. The number of nitrogens with one attached hydrogen (secondary N) is 1. The first kappa shape index (κ1) is 12.6. The van der Waals surface area contributed by atoms with E-state index in [1.165, 1.54) is 18.4 Å². The van der Waals surface area contributed by atoms with Crippen LogP contribution in [0.15, 0.2) is 12.2 Å². The fraction of sp³-hybridized carbons (Fsp3) is 0.786. The van der Waals surface area contributed by atoms with Gasteiger partial charge in [-0.25, -0.2) is 0 Å². The van der Waals surface area contributed by atoms with Crippen LogP contribution in [-0.2, 0) is 4.79 Å². The molecule has 1 amide bonds. The summed E-state index contributed by atoms with van der Waals surface area (Å²) in [5.74, 6) is 1.24. The minimum atomic E-state index is 0.196. The summed E-state index contributed by atoms with van der Waals surface area (Å²) < 4.78 is 0. The van der Waals surface area contributed by atoms with E-state index in [-0.39, 0.29) is 11.8 Å². The minimum Gasteiger partial charge on any atom is -0.356 e. The molecule has 2 aliphatic rings. The molecule has 2 fully saturated rings. The van der Waals surface area contributed by atoms with Gasteiger partial charge in [-0.2, -0.15) is 0 Å². The lowest BCUT2D eigenvalue weighted by Gasteiger charge is -2.32. The Morgan fingerprint density at radius 1 is 1.41 bits per heavy atom. The number of amides is 1. The molecule has 17 heavy (non-hydrogen) atoms. The average molecular weight is 236 g/mol. The maximum absolute atomic E-state index is 12.0. The Bertz CT molecular complexity index is 297. The Balaban J connectivity index is 1.74. The van der Waals surface area contributed by atoms with E-state index >= 15 is 0 Å². The number of carbonyl (C=O) groups excluding carboxylic acids is 1. The van der Waals surface area contributed by atoms with Crippen LogP contribution in [0.3, 0.4) is 0 Å². The third kappa shape index (κ3) is 4.15. The summed E-state index contributed by atoms with van der Waals surface area (Å²) in [5.41, 5.74) is 1.18. The SMILES string of the molecule is C=C(C)CN1CCC[C@H](C(=O)NCC2CC2)C1. The van der Waals surface area contributed by atoms with Gasteiger partial charge in [0.05, 0.1) is 5.92 Å². The van der Waals surface area contributed by atoms with Gasteiger partial charge in [0.15, 0.2) is 0 Å². The van der Waals surface area contributed by atoms with Gasteiger partial charge in [0.25, 0.3) is 0 Å². The maximum Gasteiger partial charge on any atom is 0.224 e. The standard InChI is InChI=1S/C14H24N2O/c1-11(2)9-16-7-3-4-13(10-16)14(17)15-8-12-5-6-12/h12-13H,1,3-10H2,2H3,(H,15,17)/t13-/m0/s1. The van der Waals surface area contributed by atoms with Gasteiger partial charge in [-0.15, -0.1) is 0 Å². The maximum atomic E-state index is 12.0. The van der Waals surface area contributed by atoms with Crippen LogP contribution in [0.4, 0.5) is 0 Å². The Morgan fingerprint density at radius 2 is 2.18 bits per heavy atom. The van der Waals surface area contributed by atoms with E-state index in [1.807, 2.05) is 0 Å². The van der Waals surface area contributed by atoms with Gasteiger partial charge >= 0.3 is 0 Å². The number of piperidine rings is 1. The summed E-state index contributed by atoms with van der Waals surface area (Å²) in [4.78, 5) is 14.4. The number of hydrogen-bond donors (Lipinski definition) is 1. The Morgan fingerprint density at radius 3 is 2.82 bits per heavy atom. The molecule has 1 aliphatic heterocycles. The van der Waals surface area contributed by atoms with Crippen molar-refractivity contribution in [3.63, 3.8) is 0 Å². The van der Waals surface area contributed by atoms with Crippen LogP contribution < -0.4 is 5.32 Å². The molecule has 0 spiro atoms. The molecule has 2 rings (SSSR count). The van der Waals surface area contributed by atoms with Crippen molar-refractivity contribution in [3.05, 3.63) is 12.2 Å². The lowest BCUT2D eigenvalue weighted by atomic mass is 9.97. The highest BCUT2D eigenvalue weighted by molar-refractivity contribution is 5.79. The van der Waals surface area contributed by atoms with Crippen LogP contribution in [0.2, 0.25) is 0 Å². The smallest absolute Gasteiger partial charge is 0.224 e. The van der Waals surface area contributed by atoms with Gasteiger partial charge in [0.1, 0.15) is 0 Å². The van der Waals surface area contributed by atoms with Crippen molar-refractivity contribution in [2.45, 2.75) is 32.6 Å². The van der Waals surface area contributed by atoms with Crippen LogP contribution in [0, 0.1) is 11.8 Å². The largest absolute Gasteiger partial charge is 0.356 e. The highest BCUT2D eigenvalue weighted by Crippen LogP contribution is 2.27. The van der Waals surface area contributed by atoms with Crippen LogP contribution in [0.25, 0.3) is 0 Å². The zero-order valence-electron chi connectivity index (χ0n) is 10.9. The van der Waals surface area contributed by atoms with Gasteiger partial charge in [-0.05, 0) is 45.1 Å². The van der Waals surface area contributed by atoms with Crippen molar-refractivity contribution in [2.75, 3.05) is 26.2 Å². The van der Waals surface area contributed by atoms with Crippen molar-refractivity contribution in [1.82, 2.24) is 10.2 Å². The lowest BCUT2D eigenvalue weighted by molar-refractivity contribution is -0.126. The number of nitrogens with zero attached hydrogens (tertiary/aromatic N) is 1. The van der Waals surface area contributed by atoms with Crippen LogP contribution >= 0.6 is 0 Å². The van der Waals surface area contributed by atoms with E-state index in [1.54, 1.807) is 0 Å². The summed E-state index contributed by atoms with van der Waals surface area (Å²) in [6.45, 7) is 9.85. The molecule has 96 valence electrons.